The minimum Gasteiger partial charge on any atom is -0.465 e. The van der Waals surface area contributed by atoms with E-state index in [9.17, 15) is 4.79 Å². The molecule has 0 bridgehead atoms. The maximum absolute atomic E-state index is 11.4. The number of thiol groups is 1. The van der Waals surface area contributed by atoms with Gasteiger partial charge in [-0.3, -0.25) is 0 Å². The van der Waals surface area contributed by atoms with Crippen molar-refractivity contribution in [2.45, 2.75) is 4.90 Å². The summed E-state index contributed by atoms with van der Waals surface area (Å²) in [5.41, 5.74) is 1.35. The van der Waals surface area contributed by atoms with E-state index >= 15 is 0 Å². The van der Waals surface area contributed by atoms with Crippen LogP contribution in [-0.4, -0.2) is 18.1 Å². The lowest BCUT2D eigenvalue weighted by Crippen LogP contribution is -2.01. The third-order valence-corrected chi connectivity index (χ3v) is 3.28. The molecule has 0 saturated carbocycles. The zero-order chi connectivity index (χ0) is 11.5. The van der Waals surface area contributed by atoms with Crippen molar-refractivity contribution in [2.75, 3.05) is 7.11 Å². The normalized spacial score (nSPS) is 10.1. The van der Waals surface area contributed by atoms with Crippen molar-refractivity contribution in [1.82, 2.24) is 4.98 Å². The van der Waals surface area contributed by atoms with E-state index in [1.54, 1.807) is 24.4 Å². The van der Waals surface area contributed by atoms with Crippen molar-refractivity contribution >= 4 is 29.9 Å². The van der Waals surface area contributed by atoms with Gasteiger partial charge in [-0.05, 0) is 18.2 Å². The van der Waals surface area contributed by atoms with Crippen LogP contribution in [0.3, 0.4) is 0 Å². The topological polar surface area (TPSA) is 39.2 Å². The first kappa shape index (κ1) is 11.2. The molecule has 0 N–H and O–H groups in total. The lowest BCUT2D eigenvalue weighted by atomic mass is 10.1. The lowest BCUT2D eigenvalue weighted by molar-refractivity contribution is 0.0600. The van der Waals surface area contributed by atoms with Gasteiger partial charge in [-0.15, -0.1) is 24.0 Å². The predicted octanol–water partition coefficient (Wildman–Crippen LogP) is 2.89. The van der Waals surface area contributed by atoms with Gasteiger partial charge in [0.05, 0.1) is 12.7 Å². The predicted molar refractivity (Wildman–Crippen MR) is 66.1 cm³/mol. The van der Waals surface area contributed by atoms with Crippen molar-refractivity contribution < 1.29 is 9.53 Å². The Kier molecular flexibility index (Phi) is 3.26. The zero-order valence-corrected chi connectivity index (χ0v) is 10.2. The highest BCUT2D eigenvalue weighted by atomic mass is 32.1. The highest BCUT2D eigenvalue weighted by molar-refractivity contribution is 7.80. The lowest BCUT2D eigenvalue weighted by Gasteiger charge is -2.04. The molecular weight excluding hydrogens is 242 g/mol. The maximum atomic E-state index is 11.4. The number of carbonyl (C=O) groups excluding carboxylic acids is 1. The SMILES string of the molecule is COC(=O)c1ccc(S)c(-c2nccs2)c1. The molecule has 0 fully saturated rings. The number of carbonyl (C=O) groups is 1. The molecule has 2 aromatic rings. The molecule has 0 unspecified atom stereocenters. The van der Waals surface area contributed by atoms with Crippen LogP contribution < -0.4 is 0 Å². The van der Waals surface area contributed by atoms with E-state index in [1.165, 1.54) is 18.4 Å². The third kappa shape index (κ3) is 2.10. The van der Waals surface area contributed by atoms with E-state index in [0.717, 1.165) is 15.5 Å². The number of thiazole rings is 1. The van der Waals surface area contributed by atoms with Gasteiger partial charge in [0.2, 0.25) is 0 Å². The molecule has 0 radical (unpaired) electrons. The highest BCUT2D eigenvalue weighted by Gasteiger charge is 2.10. The Bertz CT molecular complexity index is 509. The number of hydrogen-bond acceptors (Lipinski definition) is 5. The second-order valence-electron chi connectivity index (χ2n) is 3.06. The minimum absolute atomic E-state index is 0.355. The summed E-state index contributed by atoms with van der Waals surface area (Å²) in [7, 11) is 1.36. The van der Waals surface area contributed by atoms with E-state index < -0.39 is 0 Å². The molecule has 1 heterocycles. The summed E-state index contributed by atoms with van der Waals surface area (Å²) in [6.45, 7) is 0. The van der Waals surface area contributed by atoms with Gasteiger partial charge >= 0.3 is 5.97 Å². The van der Waals surface area contributed by atoms with Gasteiger partial charge in [0.15, 0.2) is 0 Å². The quantitative estimate of drug-likeness (QED) is 0.659. The Morgan fingerprint density at radius 2 is 2.31 bits per heavy atom. The third-order valence-electron chi connectivity index (χ3n) is 2.08. The van der Waals surface area contributed by atoms with Crippen LogP contribution in [0.25, 0.3) is 10.6 Å². The molecule has 3 nitrogen and oxygen atoms in total. The number of aromatic nitrogens is 1. The number of hydrogen-bond donors (Lipinski definition) is 1. The Morgan fingerprint density at radius 3 is 2.94 bits per heavy atom. The van der Waals surface area contributed by atoms with Crippen LogP contribution in [0.4, 0.5) is 0 Å². The summed E-state index contributed by atoms with van der Waals surface area (Å²) in [6, 6.07) is 5.20. The maximum Gasteiger partial charge on any atom is 0.337 e. The fourth-order valence-corrected chi connectivity index (χ4v) is 2.30. The van der Waals surface area contributed by atoms with Crippen molar-refractivity contribution in [1.29, 1.82) is 0 Å². The Balaban J connectivity index is 2.49. The molecule has 0 aliphatic carbocycles. The van der Waals surface area contributed by atoms with Crippen LogP contribution in [0.15, 0.2) is 34.7 Å². The molecule has 16 heavy (non-hydrogen) atoms. The molecule has 82 valence electrons. The van der Waals surface area contributed by atoms with Gasteiger partial charge in [0, 0.05) is 22.0 Å². The zero-order valence-electron chi connectivity index (χ0n) is 8.51. The molecule has 0 atom stereocenters. The van der Waals surface area contributed by atoms with E-state index in [1.807, 2.05) is 5.38 Å². The van der Waals surface area contributed by atoms with Gasteiger partial charge in [0.25, 0.3) is 0 Å². The van der Waals surface area contributed by atoms with Crippen molar-refractivity contribution in [3.8, 4) is 10.6 Å². The number of methoxy groups -OCH3 is 1. The van der Waals surface area contributed by atoms with Crippen molar-refractivity contribution in [3.63, 3.8) is 0 Å². The van der Waals surface area contributed by atoms with Gasteiger partial charge in [-0.1, -0.05) is 0 Å². The van der Waals surface area contributed by atoms with Gasteiger partial charge in [0.1, 0.15) is 5.01 Å². The van der Waals surface area contributed by atoms with Crippen LogP contribution in [-0.2, 0) is 4.74 Å². The van der Waals surface area contributed by atoms with Crippen LogP contribution in [0.5, 0.6) is 0 Å². The van der Waals surface area contributed by atoms with Crippen LogP contribution in [0, 0.1) is 0 Å². The number of benzene rings is 1. The number of rotatable bonds is 2. The Hall–Kier alpha value is -1.33. The van der Waals surface area contributed by atoms with Gasteiger partial charge in [-0.25, -0.2) is 9.78 Å². The van der Waals surface area contributed by atoms with Gasteiger partial charge in [-0.2, -0.15) is 0 Å². The largest absolute Gasteiger partial charge is 0.465 e. The fraction of sp³-hybridized carbons (Fsp3) is 0.0909. The monoisotopic (exact) mass is 251 g/mol. The average Bonchev–Trinajstić information content (AvgIpc) is 2.82. The van der Waals surface area contributed by atoms with Crippen LogP contribution in [0.2, 0.25) is 0 Å². The van der Waals surface area contributed by atoms with Crippen molar-refractivity contribution in [3.05, 3.63) is 35.3 Å². The standard InChI is InChI=1S/C11H9NO2S2/c1-14-11(13)7-2-3-9(15)8(6-7)10-12-4-5-16-10/h2-6,15H,1H3. The summed E-state index contributed by atoms with van der Waals surface area (Å²) in [4.78, 5) is 16.4. The molecule has 0 aliphatic rings. The molecule has 1 aromatic carbocycles. The van der Waals surface area contributed by atoms with E-state index in [4.69, 9.17) is 0 Å². The molecule has 0 saturated heterocycles. The van der Waals surface area contributed by atoms with E-state index in [-0.39, 0.29) is 5.97 Å². The van der Waals surface area contributed by atoms with Gasteiger partial charge < -0.3 is 4.74 Å². The molecule has 2 rings (SSSR count). The summed E-state index contributed by atoms with van der Waals surface area (Å²) < 4.78 is 4.67. The van der Waals surface area contributed by atoms with E-state index in [2.05, 4.69) is 22.3 Å². The first-order chi connectivity index (χ1) is 7.72. The summed E-state index contributed by atoms with van der Waals surface area (Å²) in [5, 5.41) is 2.73. The molecule has 1 aromatic heterocycles. The summed E-state index contributed by atoms with van der Waals surface area (Å²) >= 11 is 5.85. The average molecular weight is 251 g/mol. The number of ether oxygens (including phenoxy) is 1. The Labute approximate surface area is 103 Å². The van der Waals surface area contributed by atoms with E-state index in [0.29, 0.717) is 5.56 Å². The second-order valence-corrected chi connectivity index (χ2v) is 4.44. The van der Waals surface area contributed by atoms with Crippen LogP contribution in [0.1, 0.15) is 10.4 Å². The minimum atomic E-state index is -0.355. The first-order valence-corrected chi connectivity index (χ1v) is 5.86. The summed E-state index contributed by atoms with van der Waals surface area (Å²) in [6.07, 6.45) is 1.72. The molecule has 0 aliphatic heterocycles. The molecular formula is C11H9NO2S2. The highest BCUT2D eigenvalue weighted by Crippen LogP contribution is 2.29. The molecule has 0 spiro atoms. The smallest absolute Gasteiger partial charge is 0.337 e. The molecule has 5 heteroatoms. The second kappa shape index (κ2) is 4.67. The fourth-order valence-electron chi connectivity index (χ4n) is 1.31. The van der Waals surface area contributed by atoms with Crippen molar-refractivity contribution in [2.24, 2.45) is 0 Å². The first-order valence-electron chi connectivity index (χ1n) is 4.53. The van der Waals surface area contributed by atoms with Crippen LogP contribution >= 0.6 is 24.0 Å². The number of nitrogens with zero attached hydrogens (tertiary/aromatic N) is 1. The summed E-state index contributed by atoms with van der Waals surface area (Å²) in [5.74, 6) is -0.355. The Morgan fingerprint density at radius 1 is 1.50 bits per heavy atom. The molecule has 0 amide bonds. The number of esters is 1.